The molecule has 120 valence electrons. The molecule has 0 fully saturated rings. The van der Waals surface area contributed by atoms with Crippen molar-refractivity contribution >= 4 is 18.3 Å². The molecule has 1 aromatic carbocycles. The number of aryl methyl sites for hydroxylation is 1. The predicted molar refractivity (Wildman–Crippen MR) is 89.1 cm³/mol. The largest absolute Gasteiger partial charge is 0.494 e. The van der Waals surface area contributed by atoms with Crippen molar-refractivity contribution in [2.45, 2.75) is 39.2 Å². The molecule has 0 spiro atoms. The average molecular weight is 315 g/mol. The van der Waals surface area contributed by atoms with Gasteiger partial charge in [-0.2, -0.15) is 0 Å². The summed E-state index contributed by atoms with van der Waals surface area (Å²) in [5.74, 6) is 1.05. The minimum absolute atomic E-state index is 0. The topological polar surface area (TPSA) is 55.6 Å². The van der Waals surface area contributed by atoms with Crippen molar-refractivity contribution in [3.05, 3.63) is 29.8 Å². The first-order valence-electron chi connectivity index (χ1n) is 7.19. The summed E-state index contributed by atoms with van der Waals surface area (Å²) in [5.41, 5.74) is 6.74. The second-order valence-electron chi connectivity index (χ2n) is 5.21. The van der Waals surface area contributed by atoms with Crippen molar-refractivity contribution < 1.29 is 9.53 Å². The lowest BCUT2D eigenvalue weighted by Gasteiger charge is -2.23. The second kappa shape index (κ2) is 10.5. The monoisotopic (exact) mass is 314 g/mol. The van der Waals surface area contributed by atoms with Gasteiger partial charge in [-0.15, -0.1) is 12.4 Å². The molecule has 5 heteroatoms. The first-order chi connectivity index (χ1) is 9.54. The highest BCUT2D eigenvalue weighted by molar-refractivity contribution is 5.85. The molecule has 1 aromatic rings. The summed E-state index contributed by atoms with van der Waals surface area (Å²) in [6, 6.07) is 8.10. The van der Waals surface area contributed by atoms with Crippen molar-refractivity contribution in [3.8, 4) is 5.75 Å². The van der Waals surface area contributed by atoms with E-state index in [0.717, 1.165) is 18.6 Å². The van der Waals surface area contributed by atoms with Crippen molar-refractivity contribution in [2.24, 2.45) is 5.73 Å². The van der Waals surface area contributed by atoms with Gasteiger partial charge < -0.3 is 15.4 Å². The van der Waals surface area contributed by atoms with Gasteiger partial charge in [0.25, 0.3) is 0 Å². The lowest BCUT2D eigenvalue weighted by atomic mass is 10.2. The normalized spacial score (nSPS) is 11.4. The zero-order valence-electron chi connectivity index (χ0n) is 13.2. The van der Waals surface area contributed by atoms with Crippen LogP contribution in [-0.2, 0) is 4.79 Å². The minimum atomic E-state index is 0. The highest BCUT2D eigenvalue weighted by Gasteiger charge is 2.13. The number of likely N-dealkylation sites (N-methyl/N-ethyl adjacent to an activating group) is 1. The minimum Gasteiger partial charge on any atom is -0.494 e. The Morgan fingerprint density at radius 1 is 1.38 bits per heavy atom. The van der Waals surface area contributed by atoms with E-state index in [2.05, 4.69) is 0 Å². The Kier molecular flexibility index (Phi) is 9.84. The summed E-state index contributed by atoms with van der Waals surface area (Å²) in [4.78, 5) is 13.6. The van der Waals surface area contributed by atoms with Gasteiger partial charge in [0, 0.05) is 26.1 Å². The van der Waals surface area contributed by atoms with Crippen LogP contribution in [0.25, 0.3) is 0 Å². The maximum Gasteiger partial charge on any atom is 0.222 e. The quantitative estimate of drug-likeness (QED) is 0.751. The van der Waals surface area contributed by atoms with Crippen LogP contribution in [0.1, 0.15) is 31.7 Å². The van der Waals surface area contributed by atoms with Crippen molar-refractivity contribution in [3.63, 3.8) is 0 Å². The van der Waals surface area contributed by atoms with E-state index in [4.69, 9.17) is 10.5 Å². The molecule has 21 heavy (non-hydrogen) atoms. The standard InChI is InChI=1S/C16H26N2O2.ClH/c1-13-7-6-8-15(11-13)20-10-5-4-9-16(19)18(3)14(2)12-17;/h6-8,11,14H,4-5,9-10,12,17H2,1-3H3;1H. The third kappa shape index (κ3) is 7.34. The maximum atomic E-state index is 11.9. The summed E-state index contributed by atoms with van der Waals surface area (Å²) in [6.45, 7) is 5.14. The highest BCUT2D eigenvalue weighted by Crippen LogP contribution is 2.13. The first-order valence-corrected chi connectivity index (χ1v) is 7.19. The molecule has 1 atom stereocenters. The molecule has 2 N–H and O–H groups in total. The number of carbonyl (C=O) groups is 1. The summed E-state index contributed by atoms with van der Waals surface area (Å²) in [5, 5.41) is 0. The van der Waals surface area contributed by atoms with E-state index in [-0.39, 0.29) is 24.4 Å². The Morgan fingerprint density at radius 3 is 2.71 bits per heavy atom. The SMILES string of the molecule is Cc1cccc(OCCCCC(=O)N(C)C(C)CN)c1.Cl. The Balaban J connectivity index is 0.00000400. The van der Waals surface area contributed by atoms with Gasteiger partial charge in [0.1, 0.15) is 5.75 Å². The summed E-state index contributed by atoms with van der Waals surface area (Å²) < 4.78 is 5.65. The first kappa shape index (κ1) is 19.7. The fourth-order valence-electron chi connectivity index (χ4n) is 1.85. The van der Waals surface area contributed by atoms with Gasteiger partial charge in [-0.3, -0.25) is 4.79 Å². The molecule has 4 nitrogen and oxygen atoms in total. The van der Waals surface area contributed by atoms with Crippen LogP contribution < -0.4 is 10.5 Å². The van der Waals surface area contributed by atoms with Gasteiger partial charge >= 0.3 is 0 Å². The number of hydrogen-bond donors (Lipinski definition) is 1. The van der Waals surface area contributed by atoms with Crippen LogP contribution in [0, 0.1) is 6.92 Å². The van der Waals surface area contributed by atoms with Crippen LogP contribution in [0.2, 0.25) is 0 Å². The predicted octanol–water partition coefficient (Wildman–Crippen LogP) is 2.77. The number of benzene rings is 1. The van der Waals surface area contributed by atoms with Crippen molar-refractivity contribution in [1.29, 1.82) is 0 Å². The Bertz CT molecular complexity index is 426. The molecule has 0 saturated carbocycles. The van der Waals surface area contributed by atoms with Crippen molar-refractivity contribution in [1.82, 2.24) is 4.90 Å². The molecule has 1 rings (SSSR count). The third-order valence-corrected chi connectivity index (χ3v) is 3.44. The second-order valence-corrected chi connectivity index (χ2v) is 5.21. The maximum absolute atomic E-state index is 11.9. The van der Waals surface area contributed by atoms with Crippen LogP contribution in [0.5, 0.6) is 5.75 Å². The summed E-state index contributed by atoms with van der Waals surface area (Å²) in [6.07, 6.45) is 2.27. The smallest absolute Gasteiger partial charge is 0.222 e. The van der Waals surface area contributed by atoms with Crippen LogP contribution >= 0.6 is 12.4 Å². The van der Waals surface area contributed by atoms with E-state index in [1.807, 2.05) is 45.2 Å². The number of unbranched alkanes of at least 4 members (excludes halogenated alkanes) is 1. The van der Waals surface area contributed by atoms with Gasteiger partial charge in [0.15, 0.2) is 0 Å². The molecule has 0 aromatic heterocycles. The van der Waals surface area contributed by atoms with Gasteiger partial charge in [0.05, 0.1) is 6.61 Å². The van der Waals surface area contributed by atoms with Gasteiger partial charge in [-0.25, -0.2) is 0 Å². The van der Waals surface area contributed by atoms with Gasteiger partial charge in [-0.1, -0.05) is 12.1 Å². The fourth-order valence-corrected chi connectivity index (χ4v) is 1.85. The molecule has 0 aliphatic rings. The molecule has 0 radical (unpaired) electrons. The molecule has 1 amide bonds. The van der Waals surface area contributed by atoms with E-state index >= 15 is 0 Å². The number of nitrogens with two attached hydrogens (primary N) is 1. The Morgan fingerprint density at radius 2 is 2.10 bits per heavy atom. The number of carbonyl (C=O) groups excluding carboxylic acids is 1. The fraction of sp³-hybridized carbons (Fsp3) is 0.562. The molecule has 0 bridgehead atoms. The molecule has 0 saturated heterocycles. The number of amides is 1. The number of halogens is 1. The van der Waals surface area contributed by atoms with Gasteiger partial charge in [0.2, 0.25) is 5.91 Å². The Labute approximate surface area is 134 Å². The van der Waals surface area contributed by atoms with E-state index in [0.29, 0.717) is 19.6 Å². The van der Waals surface area contributed by atoms with Gasteiger partial charge in [-0.05, 0) is 44.4 Å². The molecule has 0 aliphatic carbocycles. The molecule has 0 aliphatic heterocycles. The van der Waals surface area contributed by atoms with Crippen LogP contribution in [0.15, 0.2) is 24.3 Å². The molecular formula is C16H27ClN2O2. The van der Waals surface area contributed by atoms with E-state index < -0.39 is 0 Å². The Hall–Kier alpha value is -1.26. The third-order valence-electron chi connectivity index (χ3n) is 3.44. The highest BCUT2D eigenvalue weighted by atomic mass is 35.5. The van der Waals surface area contributed by atoms with E-state index in [1.165, 1.54) is 5.56 Å². The number of ether oxygens (including phenoxy) is 1. The number of rotatable bonds is 8. The zero-order valence-corrected chi connectivity index (χ0v) is 14.0. The average Bonchev–Trinajstić information content (AvgIpc) is 2.45. The lowest BCUT2D eigenvalue weighted by Crippen LogP contribution is -2.39. The summed E-state index contributed by atoms with van der Waals surface area (Å²) >= 11 is 0. The summed E-state index contributed by atoms with van der Waals surface area (Å²) in [7, 11) is 1.81. The van der Waals surface area contributed by atoms with E-state index in [9.17, 15) is 4.79 Å². The molecule has 0 heterocycles. The number of hydrogen-bond acceptors (Lipinski definition) is 3. The molecular weight excluding hydrogens is 288 g/mol. The molecule has 1 unspecified atom stereocenters. The van der Waals surface area contributed by atoms with E-state index in [1.54, 1.807) is 4.90 Å². The number of nitrogens with zero attached hydrogens (tertiary/aromatic N) is 1. The lowest BCUT2D eigenvalue weighted by molar-refractivity contribution is -0.131. The van der Waals surface area contributed by atoms with Crippen LogP contribution in [0.4, 0.5) is 0 Å². The van der Waals surface area contributed by atoms with Crippen LogP contribution in [0.3, 0.4) is 0 Å². The zero-order chi connectivity index (χ0) is 15.0. The van der Waals surface area contributed by atoms with Crippen LogP contribution in [-0.4, -0.2) is 37.0 Å². The van der Waals surface area contributed by atoms with Crippen molar-refractivity contribution in [2.75, 3.05) is 20.2 Å².